The molecule has 0 unspecified atom stereocenters. The average molecular weight is 270 g/mol. The van der Waals surface area contributed by atoms with Crippen molar-refractivity contribution in [2.75, 3.05) is 24.7 Å². The number of alkyl halides is 1. The van der Waals surface area contributed by atoms with Crippen molar-refractivity contribution < 1.29 is 14.6 Å². The SMILES string of the molecule is CCOc1ccc(N2C[C@@H](CO)[C@@H](Cl)C2=O)cc1. The smallest absolute Gasteiger partial charge is 0.245 e. The minimum Gasteiger partial charge on any atom is -0.494 e. The van der Waals surface area contributed by atoms with E-state index in [2.05, 4.69) is 0 Å². The molecule has 2 rings (SSSR count). The lowest BCUT2D eigenvalue weighted by Gasteiger charge is -2.16. The Kier molecular flexibility index (Phi) is 4.09. The van der Waals surface area contributed by atoms with E-state index < -0.39 is 5.38 Å². The van der Waals surface area contributed by atoms with Crippen LogP contribution in [-0.4, -0.2) is 36.1 Å². The normalized spacial score (nSPS) is 23.5. The van der Waals surface area contributed by atoms with Crippen LogP contribution in [0, 0.1) is 5.92 Å². The highest BCUT2D eigenvalue weighted by atomic mass is 35.5. The molecule has 1 aromatic rings. The zero-order valence-electron chi connectivity index (χ0n) is 10.2. The van der Waals surface area contributed by atoms with Gasteiger partial charge in [0.15, 0.2) is 0 Å². The summed E-state index contributed by atoms with van der Waals surface area (Å²) in [6.07, 6.45) is 0. The van der Waals surface area contributed by atoms with E-state index in [4.69, 9.17) is 21.4 Å². The first-order chi connectivity index (χ1) is 8.67. The molecule has 1 aromatic carbocycles. The van der Waals surface area contributed by atoms with E-state index >= 15 is 0 Å². The number of halogens is 1. The van der Waals surface area contributed by atoms with Crippen LogP contribution in [0.2, 0.25) is 0 Å². The second-order valence-corrected chi connectivity index (χ2v) is 4.69. The summed E-state index contributed by atoms with van der Waals surface area (Å²) in [6.45, 7) is 2.91. The van der Waals surface area contributed by atoms with E-state index in [0.29, 0.717) is 13.2 Å². The summed E-state index contributed by atoms with van der Waals surface area (Å²) in [7, 11) is 0. The number of anilines is 1. The molecule has 1 saturated heterocycles. The van der Waals surface area contributed by atoms with Gasteiger partial charge in [0.25, 0.3) is 0 Å². The molecule has 4 nitrogen and oxygen atoms in total. The molecule has 0 aliphatic carbocycles. The van der Waals surface area contributed by atoms with Crippen LogP contribution in [0.4, 0.5) is 5.69 Å². The zero-order valence-corrected chi connectivity index (χ0v) is 10.9. The molecule has 0 aromatic heterocycles. The van der Waals surface area contributed by atoms with E-state index in [1.807, 2.05) is 31.2 Å². The molecule has 1 aliphatic rings. The zero-order chi connectivity index (χ0) is 13.1. The Balaban J connectivity index is 2.14. The molecule has 0 saturated carbocycles. The van der Waals surface area contributed by atoms with Gasteiger partial charge < -0.3 is 14.7 Å². The fraction of sp³-hybridized carbons (Fsp3) is 0.462. The first kappa shape index (κ1) is 13.2. The molecule has 2 atom stereocenters. The van der Waals surface area contributed by atoms with Gasteiger partial charge in [0.05, 0.1) is 6.61 Å². The highest BCUT2D eigenvalue weighted by molar-refractivity contribution is 6.34. The Morgan fingerprint density at radius 3 is 2.61 bits per heavy atom. The molecule has 0 radical (unpaired) electrons. The predicted molar refractivity (Wildman–Crippen MR) is 70.2 cm³/mol. The second kappa shape index (κ2) is 5.59. The number of aliphatic hydroxyl groups is 1. The van der Waals surface area contributed by atoms with Gasteiger partial charge in [-0.2, -0.15) is 0 Å². The Hall–Kier alpha value is -1.26. The maximum Gasteiger partial charge on any atom is 0.245 e. The van der Waals surface area contributed by atoms with Gasteiger partial charge in [-0.15, -0.1) is 11.6 Å². The quantitative estimate of drug-likeness (QED) is 0.846. The number of nitrogens with zero attached hydrogens (tertiary/aromatic N) is 1. The summed E-state index contributed by atoms with van der Waals surface area (Å²) in [5.41, 5.74) is 0.782. The predicted octanol–water partition coefficient (Wildman–Crippen LogP) is 1.65. The summed E-state index contributed by atoms with van der Waals surface area (Å²) >= 11 is 5.98. The van der Waals surface area contributed by atoms with E-state index in [0.717, 1.165) is 11.4 Å². The molecule has 18 heavy (non-hydrogen) atoms. The van der Waals surface area contributed by atoms with Crippen LogP contribution < -0.4 is 9.64 Å². The first-order valence-electron chi connectivity index (χ1n) is 5.96. The summed E-state index contributed by atoms with van der Waals surface area (Å²) in [4.78, 5) is 13.5. The van der Waals surface area contributed by atoms with Crippen molar-refractivity contribution >= 4 is 23.2 Å². The number of ether oxygens (including phenoxy) is 1. The number of amides is 1. The van der Waals surface area contributed by atoms with E-state index in [1.165, 1.54) is 0 Å². The lowest BCUT2D eigenvalue weighted by molar-refractivity contribution is -0.117. The van der Waals surface area contributed by atoms with E-state index in [9.17, 15) is 4.79 Å². The van der Waals surface area contributed by atoms with Crippen molar-refractivity contribution in [1.82, 2.24) is 0 Å². The topological polar surface area (TPSA) is 49.8 Å². The summed E-state index contributed by atoms with van der Waals surface area (Å²) in [5, 5.41) is 8.51. The van der Waals surface area contributed by atoms with Crippen molar-refractivity contribution in [2.45, 2.75) is 12.3 Å². The molecular weight excluding hydrogens is 254 g/mol. The van der Waals surface area contributed by atoms with Gasteiger partial charge in [-0.3, -0.25) is 4.79 Å². The molecule has 98 valence electrons. The van der Waals surface area contributed by atoms with Crippen molar-refractivity contribution in [3.05, 3.63) is 24.3 Å². The number of aliphatic hydroxyl groups excluding tert-OH is 1. The third-order valence-corrected chi connectivity index (χ3v) is 3.57. The number of carbonyl (C=O) groups is 1. The number of carbonyl (C=O) groups excluding carboxylic acids is 1. The number of rotatable bonds is 4. The van der Waals surface area contributed by atoms with Crippen molar-refractivity contribution in [2.24, 2.45) is 5.92 Å². The fourth-order valence-corrected chi connectivity index (χ4v) is 2.32. The molecule has 1 amide bonds. The standard InChI is InChI=1S/C13H16ClNO3/c1-2-18-11-5-3-10(4-6-11)15-7-9(8-16)12(14)13(15)17/h3-6,9,12,16H,2,7-8H2,1H3/t9-,12+/m0/s1. The van der Waals surface area contributed by atoms with Gasteiger partial charge in [-0.1, -0.05) is 0 Å². The van der Waals surface area contributed by atoms with Crippen LogP contribution in [0.5, 0.6) is 5.75 Å². The molecule has 1 aliphatic heterocycles. The van der Waals surface area contributed by atoms with Crippen LogP contribution in [0.1, 0.15) is 6.92 Å². The minimum absolute atomic E-state index is 0.0760. The maximum absolute atomic E-state index is 11.9. The third-order valence-electron chi connectivity index (χ3n) is 3.03. The first-order valence-corrected chi connectivity index (χ1v) is 6.40. The van der Waals surface area contributed by atoms with E-state index in [1.54, 1.807) is 4.90 Å². The Morgan fingerprint density at radius 1 is 1.44 bits per heavy atom. The highest BCUT2D eigenvalue weighted by Crippen LogP contribution is 2.29. The minimum atomic E-state index is -0.637. The maximum atomic E-state index is 11.9. The molecule has 0 spiro atoms. The number of benzene rings is 1. The lowest BCUT2D eigenvalue weighted by atomic mass is 10.1. The lowest BCUT2D eigenvalue weighted by Crippen LogP contribution is -2.27. The van der Waals surface area contributed by atoms with Crippen LogP contribution in [0.25, 0.3) is 0 Å². The Morgan fingerprint density at radius 2 is 2.11 bits per heavy atom. The van der Waals surface area contributed by atoms with Crippen LogP contribution >= 0.6 is 11.6 Å². The van der Waals surface area contributed by atoms with E-state index in [-0.39, 0.29) is 18.4 Å². The van der Waals surface area contributed by atoms with Gasteiger partial charge in [0, 0.05) is 24.8 Å². The molecule has 1 N–H and O–H groups in total. The van der Waals surface area contributed by atoms with Crippen molar-refractivity contribution in [3.63, 3.8) is 0 Å². The van der Waals surface area contributed by atoms with Crippen LogP contribution in [0.3, 0.4) is 0 Å². The molecule has 0 bridgehead atoms. The van der Waals surface area contributed by atoms with Gasteiger partial charge in [-0.25, -0.2) is 0 Å². The number of hydrogen-bond acceptors (Lipinski definition) is 3. The third kappa shape index (κ3) is 2.44. The highest BCUT2D eigenvalue weighted by Gasteiger charge is 2.39. The van der Waals surface area contributed by atoms with Gasteiger partial charge in [0.1, 0.15) is 11.1 Å². The number of hydrogen-bond donors (Lipinski definition) is 1. The second-order valence-electron chi connectivity index (χ2n) is 4.22. The molecular formula is C13H16ClNO3. The van der Waals surface area contributed by atoms with Crippen LogP contribution in [0.15, 0.2) is 24.3 Å². The van der Waals surface area contributed by atoms with Crippen molar-refractivity contribution in [3.8, 4) is 5.75 Å². The fourth-order valence-electron chi connectivity index (χ4n) is 2.04. The van der Waals surface area contributed by atoms with Crippen LogP contribution in [-0.2, 0) is 4.79 Å². The molecule has 1 heterocycles. The molecule has 1 fully saturated rings. The monoisotopic (exact) mass is 269 g/mol. The van der Waals surface area contributed by atoms with Crippen molar-refractivity contribution in [1.29, 1.82) is 0 Å². The Bertz CT molecular complexity index is 421. The Labute approximate surface area is 111 Å². The van der Waals surface area contributed by atoms with Gasteiger partial charge in [0.2, 0.25) is 5.91 Å². The average Bonchev–Trinajstić information content (AvgIpc) is 2.68. The summed E-state index contributed by atoms with van der Waals surface area (Å²) in [5.74, 6) is 0.416. The summed E-state index contributed by atoms with van der Waals surface area (Å²) in [6, 6.07) is 7.29. The van der Waals surface area contributed by atoms with Gasteiger partial charge in [-0.05, 0) is 31.2 Å². The van der Waals surface area contributed by atoms with Gasteiger partial charge >= 0.3 is 0 Å². The molecule has 5 heteroatoms. The largest absolute Gasteiger partial charge is 0.494 e. The summed E-state index contributed by atoms with van der Waals surface area (Å²) < 4.78 is 5.34.